The van der Waals surface area contributed by atoms with E-state index in [9.17, 15) is 13.6 Å². The maximum absolute atomic E-state index is 14.6. The highest BCUT2D eigenvalue weighted by atomic mass is 19.1. The van der Waals surface area contributed by atoms with E-state index in [4.69, 9.17) is 4.74 Å². The van der Waals surface area contributed by atoms with Gasteiger partial charge in [0.1, 0.15) is 24.0 Å². The van der Waals surface area contributed by atoms with E-state index in [-0.39, 0.29) is 29.1 Å². The van der Waals surface area contributed by atoms with Crippen LogP contribution in [-0.4, -0.2) is 47.1 Å². The molecule has 154 valence electrons. The molecule has 0 aliphatic carbocycles. The fraction of sp³-hybridized carbons (Fsp3) is 0.200. The summed E-state index contributed by atoms with van der Waals surface area (Å²) in [5, 5.41) is 5.17. The molecule has 1 saturated heterocycles. The second-order valence-corrected chi connectivity index (χ2v) is 6.58. The van der Waals surface area contributed by atoms with Crippen LogP contribution in [0, 0.1) is 11.6 Å². The number of nitrogens with one attached hydrogen (secondary N) is 2. The quantitative estimate of drug-likeness (QED) is 0.643. The molecule has 2 heterocycles. The Hall–Kier alpha value is -3.82. The Bertz CT molecular complexity index is 1060. The van der Waals surface area contributed by atoms with E-state index in [1.165, 1.54) is 37.6 Å². The van der Waals surface area contributed by atoms with Gasteiger partial charge in [0.15, 0.2) is 5.82 Å². The Kier molecular flexibility index (Phi) is 5.38. The van der Waals surface area contributed by atoms with E-state index in [2.05, 4.69) is 25.6 Å². The first-order valence-electron chi connectivity index (χ1n) is 9.17. The summed E-state index contributed by atoms with van der Waals surface area (Å²) in [6.45, 7) is 1.09. The second-order valence-electron chi connectivity index (χ2n) is 6.58. The molecule has 0 saturated carbocycles. The van der Waals surface area contributed by atoms with Crippen molar-refractivity contribution in [3.8, 4) is 5.75 Å². The highest BCUT2D eigenvalue weighted by Crippen LogP contribution is 2.24. The molecule has 3 aromatic rings. The zero-order chi connectivity index (χ0) is 21.1. The molecule has 0 radical (unpaired) electrons. The van der Waals surface area contributed by atoms with Crippen LogP contribution >= 0.6 is 0 Å². The van der Waals surface area contributed by atoms with Gasteiger partial charge in [0, 0.05) is 7.05 Å². The van der Waals surface area contributed by atoms with Crippen molar-refractivity contribution in [1.82, 2.24) is 20.3 Å². The Balaban J connectivity index is 1.41. The highest BCUT2D eigenvalue weighted by Gasteiger charge is 2.30. The minimum Gasteiger partial charge on any atom is -0.487 e. The molecule has 2 aromatic carbocycles. The molecule has 10 heteroatoms. The third kappa shape index (κ3) is 4.12. The normalized spacial score (nSPS) is 13.5. The van der Waals surface area contributed by atoms with E-state index in [0.29, 0.717) is 24.8 Å². The number of hydrogen-bond donors (Lipinski definition) is 2. The summed E-state index contributed by atoms with van der Waals surface area (Å²) in [6, 6.07) is 10.3. The lowest BCUT2D eigenvalue weighted by Gasteiger charge is -2.38. The molecule has 8 nitrogen and oxygen atoms in total. The number of halogens is 2. The molecule has 2 N–H and O–H groups in total. The van der Waals surface area contributed by atoms with Crippen molar-refractivity contribution in [3.63, 3.8) is 0 Å². The molecule has 0 atom stereocenters. The van der Waals surface area contributed by atoms with Gasteiger partial charge in [-0.3, -0.25) is 4.79 Å². The SMILES string of the molecule is CNC(=O)c1cccc(Nc2ncnc(N3CC(Oc4ccc(F)cc4)C3)n2)c1F. The van der Waals surface area contributed by atoms with Crippen LogP contribution in [0.25, 0.3) is 0 Å². The van der Waals surface area contributed by atoms with Crippen molar-refractivity contribution in [1.29, 1.82) is 0 Å². The molecule has 1 aliphatic rings. The van der Waals surface area contributed by atoms with Crippen LogP contribution in [0.5, 0.6) is 5.75 Å². The van der Waals surface area contributed by atoms with Crippen LogP contribution in [0.15, 0.2) is 48.8 Å². The third-order valence-corrected chi connectivity index (χ3v) is 4.52. The van der Waals surface area contributed by atoms with Crippen molar-refractivity contribution in [2.24, 2.45) is 0 Å². The van der Waals surface area contributed by atoms with Crippen molar-refractivity contribution < 1.29 is 18.3 Å². The highest BCUT2D eigenvalue weighted by molar-refractivity contribution is 5.95. The molecule has 30 heavy (non-hydrogen) atoms. The fourth-order valence-corrected chi connectivity index (χ4v) is 2.94. The first-order chi connectivity index (χ1) is 14.5. The number of amides is 1. The molecule has 1 fully saturated rings. The average Bonchev–Trinajstić information content (AvgIpc) is 2.73. The van der Waals surface area contributed by atoms with E-state index < -0.39 is 11.7 Å². The molecule has 1 amide bonds. The number of carbonyl (C=O) groups is 1. The zero-order valence-electron chi connectivity index (χ0n) is 16.0. The van der Waals surface area contributed by atoms with Gasteiger partial charge in [-0.15, -0.1) is 0 Å². The van der Waals surface area contributed by atoms with Crippen molar-refractivity contribution in [2.45, 2.75) is 6.10 Å². The van der Waals surface area contributed by atoms with Crippen LogP contribution < -0.4 is 20.3 Å². The van der Waals surface area contributed by atoms with E-state index in [1.54, 1.807) is 18.2 Å². The minimum atomic E-state index is -0.699. The van der Waals surface area contributed by atoms with Gasteiger partial charge in [0.2, 0.25) is 11.9 Å². The summed E-state index contributed by atoms with van der Waals surface area (Å²) >= 11 is 0. The Labute approximate surface area is 170 Å². The fourth-order valence-electron chi connectivity index (χ4n) is 2.94. The number of hydrogen-bond acceptors (Lipinski definition) is 7. The first kappa shape index (κ1) is 19.5. The zero-order valence-corrected chi connectivity index (χ0v) is 16.0. The second kappa shape index (κ2) is 8.27. The smallest absolute Gasteiger partial charge is 0.254 e. The number of ether oxygens (including phenoxy) is 1. The third-order valence-electron chi connectivity index (χ3n) is 4.52. The summed E-state index contributed by atoms with van der Waals surface area (Å²) in [7, 11) is 1.43. The summed E-state index contributed by atoms with van der Waals surface area (Å²) in [5.41, 5.74) is -0.00492. The number of benzene rings is 2. The standard InChI is InChI=1S/C20H18F2N6O2/c1-23-18(29)15-3-2-4-16(17(15)22)26-19-24-11-25-20(27-19)28-9-14(10-28)30-13-7-5-12(21)6-8-13/h2-8,11,14H,9-10H2,1H3,(H,23,29)(H,24,25,26,27). The number of nitrogens with zero attached hydrogens (tertiary/aromatic N) is 4. The lowest BCUT2D eigenvalue weighted by molar-refractivity contribution is 0.0959. The summed E-state index contributed by atoms with van der Waals surface area (Å²) < 4.78 is 33.3. The van der Waals surface area contributed by atoms with Crippen LogP contribution in [0.3, 0.4) is 0 Å². The Morgan fingerprint density at radius 3 is 2.63 bits per heavy atom. The number of aromatic nitrogens is 3. The predicted octanol–water partition coefficient (Wildman–Crippen LogP) is 2.52. The maximum Gasteiger partial charge on any atom is 0.254 e. The predicted molar refractivity (Wildman–Crippen MR) is 106 cm³/mol. The van der Waals surface area contributed by atoms with Gasteiger partial charge >= 0.3 is 0 Å². The Morgan fingerprint density at radius 1 is 1.13 bits per heavy atom. The average molecular weight is 412 g/mol. The van der Waals surface area contributed by atoms with Crippen molar-refractivity contribution >= 4 is 23.5 Å². The molecule has 0 unspecified atom stereocenters. The topological polar surface area (TPSA) is 92.3 Å². The molecule has 1 aliphatic heterocycles. The molecular weight excluding hydrogens is 394 g/mol. The van der Waals surface area contributed by atoms with Crippen molar-refractivity contribution in [3.05, 3.63) is 66.0 Å². The van der Waals surface area contributed by atoms with Crippen LogP contribution in [-0.2, 0) is 0 Å². The summed E-state index contributed by atoms with van der Waals surface area (Å²) in [6.07, 6.45) is 1.24. The van der Waals surface area contributed by atoms with Gasteiger partial charge in [-0.05, 0) is 36.4 Å². The lowest BCUT2D eigenvalue weighted by atomic mass is 10.1. The van der Waals surface area contributed by atoms with Gasteiger partial charge in [0.25, 0.3) is 5.91 Å². The van der Waals surface area contributed by atoms with E-state index >= 15 is 0 Å². The molecular formula is C20H18F2N6O2. The minimum absolute atomic E-state index is 0.0781. The van der Waals surface area contributed by atoms with Gasteiger partial charge < -0.3 is 20.3 Å². The van der Waals surface area contributed by atoms with Crippen LogP contribution in [0.4, 0.5) is 26.4 Å². The van der Waals surface area contributed by atoms with Gasteiger partial charge in [-0.25, -0.2) is 18.7 Å². The van der Waals surface area contributed by atoms with E-state index in [0.717, 1.165) is 0 Å². The van der Waals surface area contributed by atoms with Crippen LogP contribution in [0.2, 0.25) is 0 Å². The van der Waals surface area contributed by atoms with E-state index in [1.807, 2.05) is 4.90 Å². The number of rotatable bonds is 6. The largest absolute Gasteiger partial charge is 0.487 e. The lowest BCUT2D eigenvalue weighted by Crippen LogP contribution is -2.54. The first-order valence-corrected chi connectivity index (χ1v) is 9.17. The van der Waals surface area contributed by atoms with Gasteiger partial charge in [-0.2, -0.15) is 4.98 Å². The monoisotopic (exact) mass is 412 g/mol. The molecule has 0 spiro atoms. The number of carbonyl (C=O) groups excluding carboxylic acids is 1. The molecule has 0 bridgehead atoms. The van der Waals surface area contributed by atoms with Gasteiger partial charge in [0.05, 0.1) is 24.3 Å². The van der Waals surface area contributed by atoms with Gasteiger partial charge in [-0.1, -0.05) is 6.07 Å². The Morgan fingerprint density at radius 2 is 1.90 bits per heavy atom. The summed E-state index contributed by atoms with van der Waals surface area (Å²) in [4.78, 5) is 26.1. The summed E-state index contributed by atoms with van der Waals surface area (Å²) in [5.74, 6) is -0.397. The molecule has 4 rings (SSSR count). The van der Waals surface area contributed by atoms with Crippen molar-refractivity contribution in [2.75, 3.05) is 30.4 Å². The number of anilines is 3. The maximum atomic E-state index is 14.6. The molecule has 1 aromatic heterocycles. The van der Waals surface area contributed by atoms with Crippen LogP contribution in [0.1, 0.15) is 10.4 Å².